The predicted octanol–water partition coefficient (Wildman–Crippen LogP) is 5.15. The lowest BCUT2D eigenvalue weighted by Crippen LogP contribution is -2.53. The van der Waals surface area contributed by atoms with Gasteiger partial charge in [0.1, 0.15) is 5.75 Å². The van der Waals surface area contributed by atoms with E-state index in [-0.39, 0.29) is 24.4 Å². The Balaban J connectivity index is 1.54. The smallest absolute Gasteiger partial charge is 0.431 e. The highest BCUT2D eigenvalue weighted by Gasteiger charge is 2.72. The molecule has 2 fully saturated rings. The normalized spacial score (nSPS) is 18.7. The number of likely N-dealkylation sites (tertiary alicyclic amines) is 2. The average Bonchev–Trinajstić information content (AvgIpc) is 3.20. The third kappa shape index (κ3) is 5.66. The Bertz CT molecular complexity index is 893. The molecule has 2 heterocycles. The lowest BCUT2D eigenvalue weighted by molar-refractivity contribution is -0.343. The number of ether oxygens (including phenoxy) is 1. The number of amides is 2. The van der Waals surface area contributed by atoms with Gasteiger partial charge in [0.15, 0.2) is 0 Å². The van der Waals surface area contributed by atoms with Gasteiger partial charge in [0, 0.05) is 44.6 Å². The van der Waals surface area contributed by atoms with Crippen molar-refractivity contribution in [3.8, 4) is 5.75 Å². The van der Waals surface area contributed by atoms with E-state index in [1.54, 1.807) is 29.2 Å². The molecule has 196 valence electrons. The van der Waals surface area contributed by atoms with Crippen LogP contribution in [-0.4, -0.2) is 72.4 Å². The lowest BCUT2D eigenvalue weighted by atomic mass is 9.77. The maximum absolute atomic E-state index is 13.9. The first-order chi connectivity index (χ1) is 16.2. The Morgan fingerprint density at radius 3 is 1.89 bits per heavy atom. The number of rotatable bonds is 6. The van der Waals surface area contributed by atoms with Crippen LogP contribution in [0.25, 0.3) is 0 Å². The molecule has 0 atom stereocenters. The van der Waals surface area contributed by atoms with E-state index in [1.807, 2.05) is 6.92 Å². The van der Waals surface area contributed by atoms with Crippen LogP contribution in [-0.2, 0) is 4.79 Å². The number of hydrogen-bond acceptors (Lipinski definition) is 3. The summed E-state index contributed by atoms with van der Waals surface area (Å²) in [7, 11) is 0. The van der Waals surface area contributed by atoms with Crippen molar-refractivity contribution in [3.63, 3.8) is 0 Å². The molecule has 5 nitrogen and oxygen atoms in total. The summed E-state index contributed by atoms with van der Waals surface area (Å²) in [6, 6.07) is 6.74. The first-order valence-corrected chi connectivity index (χ1v) is 11.3. The highest BCUT2D eigenvalue weighted by molar-refractivity contribution is 5.94. The van der Waals surface area contributed by atoms with Crippen molar-refractivity contribution in [1.29, 1.82) is 0 Å². The van der Waals surface area contributed by atoms with Crippen LogP contribution >= 0.6 is 0 Å². The second-order valence-corrected chi connectivity index (χ2v) is 9.11. The summed E-state index contributed by atoms with van der Waals surface area (Å²) in [5.74, 6) is -0.453. The molecule has 2 aliphatic rings. The van der Waals surface area contributed by atoms with E-state index in [1.165, 1.54) is 4.90 Å². The molecular weight excluding hydrogens is 485 g/mol. The molecule has 2 aliphatic heterocycles. The van der Waals surface area contributed by atoms with Crippen LogP contribution in [0.1, 0.15) is 49.4 Å². The van der Waals surface area contributed by atoms with Crippen molar-refractivity contribution in [1.82, 2.24) is 9.80 Å². The molecule has 0 aliphatic carbocycles. The maximum Gasteiger partial charge on any atom is 0.431 e. The zero-order chi connectivity index (χ0) is 26.1. The van der Waals surface area contributed by atoms with Gasteiger partial charge in [0.2, 0.25) is 5.91 Å². The lowest BCUT2D eigenvalue weighted by Gasteiger charge is -2.39. The molecule has 0 saturated carbocycles. The largest absolute Gasteiger partial charge is 0.494 e. The molecule has 0 radical (unpaired) electrons. The van der Waals surface area contributed by atoms with Gasteiger partial charge in [-0.1, -0.05) is 0 Å². The summed E-state index contributed by atoms with van der Waals surface area (Å²) in [6.07, 6.45) is -13.9. The van der Waals surface area contributed by atoms with E-state index < -0.39 is 36.8 Å². The summed E-state index contributed by atoms with van der Waals surface area (Å²) >= 11 is 0. The van der Waals surface area contributed by atoms with Gasteiger partial charge >= 0.3 is 12.4 Å². The molecule has 1 aromatic carbocycles. The van der Waals surface area contributed by atoms with E-state index >= 15 is 0 Å². The molecular formula is C23H27F7N2O3. The maximum atomic E-state index is 13.9. The summed E-state index contributed by atoms with van der Waals surface area (Å²) in [6.45, 7) is 3.49. The van der Waals surface area contributed by atoms with E-state index in [0.717, 1.165) is 0 Å². The number of halogens is 7. The molecule has 0 unspecified atom stereocenters. The van der Waals surface area contributed by atoms with E-state index in [0.29, 0.717) is 50.3 Å². The van der Waals surface area contributed by atoms with Crippen LogP contribution in [0.4, 0.5) is 30.7 Å². The predicted molar refractivity (Wildman–Crippen MR) is 112 cm³/mol. The summed E-state index contributed by atoms with van der Waals surface area (Å²) < 4.78 is 95.6. The first-order valence-electron chi connectivity index (χ1n) is 11.3. The highest BCUT2D eigenvalue weighted by Crippen LogP contribution is 2.49. The first kappa shape index (κ1) is 27.1. The topological polar surface area (TPSA) is 49.9 Å². The molecule has 1 spiro atoms. The van der Waals surface area contributed by atoms with E-state index in [2.05, 4.69) is 0 Å². The fraction of sp³-hybridized carbons (Fsp3) is 0.652. The fourth-order valence-corrected chi connectivity index (χ4v) is 4.66. The molecule has 1 aromatic rings. The second-order valence-electron chi connectivity index (χ2n) is 9.11. The quantitative estimate of drug-likeness (QED) is 0.496. The van der Waals surface area contributed by atoms with Gasteiger partial charge in [-0.2, -0.15) is 26.3 Å². The zero-order valence-corrected chi connectivity index (χ0v) is 19.1. The van der Waals surface area contributed by atoms with Gasteiger partial charge in [0.05, 0.1) is 6.61 Å². The number of alkyl halides is 7. The van der Waals surface area contributed by atoms with Gasteiger partial charge in [-0.15, -0.1) is 0 Å². The summed E-state index contributed by atoms with van der Waals surface area (Å²) in [4.78, 5) is 28.0. The van der Waals surface area contributed by atoms with Gasteiger partial charge < -0.3 is 14.5 Å². The molecule has 2 saturated heterocycles. The minimum Gasteiger partial charge on any atom is -0.494 e. The minimum absolute atomic E-state index is 0.160. The Hall–Kier alpha value is -2.53. The van der Waals surface area contributed by atoms with Crippen molar-refractivity contribution in [2.45, 2.75) is 57.0 Å². The molecule has 2 amide bonds. The van der Waals surface area contributed by atoms with Crippen LogP contribution < -0.4 is 4.74 Å². The van der Waals surface area contributed by atoms with Crippen molar-refractivity contribution in [2.75, 3.05) is 32.8 Å². The van der Waals surface area contributed by atoms with Crippen molar-refractivity contribution in [3.05, 3.63) is 29.8 Å². The van der Waals surface area contributed by atoms with Crippen LogP contribution in [0.2, 0.25) is 0 Å². The molecule has 0 aromatic heterocycles. The van der Waals surface area contributed by atoms with Gasteiger partial charge in [-0.05, 0) is 55.9 Å². The molecule has 3 rings (SSSR count). The van der Waals surface area contributed by atoms with Crippen LogP contribution in [0.15, 0.2) is 24.3 Å². The molecule has 12 heteroatoms. The van der Waals surface area contributed by atoms with Gasteiger partial charge in [-0.25, -0.2) is 4.39 Å². The third-order valence-electron chi connectivity index (χ3n) is 6.90. The van der Waals surface area contributed by atoms with Gasteiger partial charge in [0.25, 0.3) is 11.6 Å². The van der Waals surface area contributed by atoms with Crippen molar-refractivity contribution >= 4 is 11.8 Å². The van der Waals surface area contributed by atoms with Crippen LogP contribution in [0, 0.1) is 5.41 Å². The number of piperidine rings is 1. The average molecular weight is 512 g/mol. The summed E-state index contributed by atoms with van der Waals surface area (Å²) in [5, 5.41) is 0. The monoisotopic (exact) mass is 512 g/mol. The fourth-order valence-electron chi connectivity index (χ4n) is 4.66. The second kappa shape index (κ2) is 9.85. The third-order valence-corrected chi connectivity index (χ3v) is 6.90. The minimum atomic E-state index is -6.17. The van der Waals surface area contributed by atoms with Crippen LogP contribution in [0.5, 0.6) is 5.75 Å². The Morgan fingerprint density at radius 2 is 1.40 bits per heavy atom. The zero-order valence-electron chi connectivity index (χ0n) is 19.1. The van der Waals surface area contributed by atoms with Crippen molar-refractivity contribution in [2.24, 2.45) is 5.41 Å². The van der Waals surface area contributed by atoms with E-state index in [4.69, 9.17) is 4.74 Å². The summed E-state index contributed by atoms with van der Waals surface area (Å²) in [5.41, 5.74) is -5.30. The van der Waals surface area contributed by atoms with Crippen LogP contribution in [0.3, 0.4) is 0 Å². The number of hydrogen-bond donors (Lipinski definition) is 0. The number of benzene rings is 1. The standard InChI is InChI=1S/C23H27F7N2O3/c1-2-35-17-5-3-16(4-6-17)19(34)31-12-9-20(10-13-31)11-14-32(15-20)18(33)7-8-21(24,22(25,26)27)23(28,29)30/h3-6H,2,7-15H2,1H3. The number of carbonyl (C=O) groups excluding carboxylic acids is 2. The highest BCUT2D eigenvalue weighted by atomic mass is 19.4. The number of carbonyl (C=O) groups is 2. The SMILES string of the molecule is CCOc1ccc(C(=O)N2CCC3(CCN(C(=O)CCC(F)(C(F)(F)F)C(F)(F)F)C3)CC2)cc1. The Kier molecular flexibility index (Phi) is 7.61. The molecule has 0 N–H and O–H groups in total. The van der Waals surface area contributed by atoms with Crippen molar-refractivity contribution < 1.29 is 45.1 Å². The number of nitrogens with zero attached hydrogens (tertiary/aromatic N) is 2. The Morgan fingerprint density at radius 1 is 0.886 bits per heavy atom. The van der Waals surface area contributed by atoms with Gasteiger partial charge in [-0.3, -0.25) is 9.59 Å². The molecule has 35 heavy (non-hydrogen) atoms. The molecule has 0 bridgehead atoms. The van der Waals surface area contributed by atoms with E-state index in [9.17, 15) is 40.3 Å². The Labute approximate surface area is 198 Å².